The second-order valence-electron chi connectivity index (χ2n) is 8.04. The quantitative estimate of drug-likeness (QED) is 0.368. The van der Waals surface area contributed by atoms with Gasteiger partial charge in [0.05, 0.1) is 0 Å². The average molecular weight is 416 g/mol. The van der Waals surface area contributed by atoms with Crippen molar-refractivity contribution in [2.24, 2.45) is 11.5 Å². The Labute approximate surface area is 177 Å². The number of hydrogen-bond donors (Lipinski definition) is 3. The van der Waals surface area contributed by atoms with Gasteiger partial charge in [-0.25, -0.2) is 0 Å². The maximum absolute atomic E-state index is 13.1. The van der Waals surface area contributed by atoms with E-state index in [9.17, 15) is 14.4 Å². The maximum atomic E-state index is 13.1. The number of nitrogens with two attached hydrogens (primary N) is 2. The minimum atomic E-state index is -0.592. The first-order valence-electron chi connectivity index (χ1n) is 11.0. The number of carbonyl (C=O) groups excluding carboxylic acids is 3. The number of hydrogen-bond acceptors (Lipinski definition) is 6. The summed E-state index contributed by atoms with van der Waals surface area (Å²) < 4.78 is 0. The first-order chi connectivity index (χ1) is 14.6. The van der Waals surface area contributed by atoms with Crippen LogP contribution in [0.25, 0.3) is 0 Å². The van der Waals surface area contributed by atoms with Crippen molar-refractivity contribution in [3.05, 3.63) is 29.3 Å². The van der Waals surface area contributed by atoms with E-state index in [0.717, 1.165) is 56.4 Å². The molecular weight excluding hydrogens is 382 g/mol. The Kier molecular flexibility index (Phi) is 7.81. The van der Waals surface area contributed by atoms with Crippen LogP contribution in [-0.2, 0) is 16.1 Å². The summed E-state index contributed by atoms with van der Waals surface area (Å²) in [5, 5.41) is 2.36. The molecule has 0 aliphatic carbocycles. The van der Waals surface area contributed by atoms with Gasteiger partial charge in [0.15, 0.2) is 0 Å². The standard InChI is InChI=1S/C22H33N5O3/c23-11-2-1-4-13-26(14-5-3-12-24)18-8-6-7-16-17(18)15-27(22(16)30)19-9-10-20(28)25-21(19)29/h6-8,19H,1-5,9-15,23-24H2,(H,25,28,29). The Morgan fingerprint density at radius 2 is 1.70 bits per heavy atom. The number of fused-ring (bicyclic) bond motifs is 1. The topological polar surface area (TPSA) is 122 Å². The van der Waals surface area contributed by atoms with Crippen LogP contribution in [0, 0.1) is 0 Å². The molecule has 3 amide bonds. The number of carbonyl (C=O) groups is 3. The van der Waals surface area contributed by atoms with Crippen LogP contribution in [0.1, 0.15) is 60.9 Å². The van der Waals surface area contributed by atoms with E-state index in [4.69, 9.17) is 11.5 Å². The molecule has 1 aromatic rings. The second-order valence-corrected chi connectivity index (χ2v) is 8.04. The fourth-order valence-corrected chi connectivity index (χ4v) is 4.29. The van der Waals surface area contributed by atoms with E-state index in [1.807, 2.05) is 12.1 Å². The van der Waals surface area contributed by atoms with Crippen LogP contribution in [0.2, 0.25) is 0 Å². The predicted molar refractivity (Wildman–Crippen MR) is 116 cm³/mol. The van der Waals surface area contributed by atoms with Gasteiger partial charge in [-0.2, -0.15) is 0 Å². The molecule has 1 aromatic carbocycles. The molecule has 164 valence electrons. The molecule has 0 aromatic heterocycles. The zero-order chi connectivity index (χ0) is 21.5. The van der Waals surface area contributed by atoms with Gasteiger partial charge in [-0.3, -0.25) is 19.7 Å². The van der Waals surface area contributed by atoms with Gasteiger partial charge in [0.25, 0.3) is 5.91 Å². The molecule has 8 nitrogen and oxygen atoms in total. The number of anilines is 1. The number of amides is 3. The Morgan fingerprint density at radius 1 is 1.00 bits per heavy atom. The zero-order valence-electron chi connectivity index (χ0n) is 17.6. The van der Waals surface area contributed by atoms with Gasteiger partial charge in [-0.1, -0.05) is 12.5 Å². The van der Waals surface area contributed by atoms with E-state index >= 15 is 0 Å². The third kappa shape index (κ3) is 4.99. The number of nitrogens with one attached hydrogen (secondary N) is 1. The van der Waals surface area contributed by atoms with Crippen LogP contribution >= 0.6 is 0 Å². The maximum Gasteiger partial charge on any atom is 0.255 e. The summed E-state index contributed by atoms with van der Waals surface area (Å²) >= 11 is 0. The fourth-order valence-electron chi connectivity index (χ4n) is 4.29. The highest BCUT2D eigenvalue weighted by molar-refractivity contribution is 6.06. The fraction of sp³-hybridized carbons (Fsp3) is 0.591. The number of piperidine rings is 1. The van der Waals surface area contributed by atoms with E-state index in [1.54, 1.807) is 4.90 Å². The number of nitrogens with zero attached hydrogens (tertiary/aromatic N) is 2. The van der Waals surface area contributed by atoms with E-state index in [-0.39, 0.29) is 24.1 Å². The molecule has 2 heterocycles. The first kappa shape index (κ1) is 22.2. The molecule has 0 bridgehead atoms. The summed E-state index contributed by atoms with van der Waals surface area (Å²) in [4.78, 5) is 40.8. The molecular formula is C22H33N5O3. The Hall–Kier alpha value is -2.45. The smallest absolute Gasteiger partial charge is 0.255 e. The SMILES string of the molecule is NCCCCCN(CCCCN)c1cccc2c1CN(C1CCC(=O)NC1=O)C2=O. The van der Waals surface area contributed by atoms with Crippen molar-refractivity contribution in [2.75, 3.05) is 31.1 Å². The summed E-state index contributed by atoms with van der Waals surface area (Å²) in [5.41, 5.74) is 14.0. The van der Waals surface area contributed by atoms with Crippen molar-refractivity contribution >= 4 is 23.4 Å². The van der Waals surface area contributed by atoms with Crippen molar-refractivity contribution in [2.45, 2.75) is 57.5 Å². The molecule has 1 saturated heterocycles. The van der Waals surface area contributed by atoms with Gasteiger partial charge in [0.1, 0.15) is 6.04 Å². The van der Waals surface area contributed by atoms with Crippen molar-refractivity contribution in [1.29, 1.82) is 0 Å². The number of imide groups is 1. The van der Waals surface area contributed by atoms with Crippen LogP contribution in [0.5, 0.6) is 0 Å². The molecule has 5 N–H and O–H groups in total. The molecule has 0 radical (unpaired) electrons. The summed E-state index contributed by atoms with van der Waals surface area (Å²) in [7, 11) is 0. The summed E-state index contributed by atoms with van der Waals surface area (Å²) in [6.45, 7) is 3.53. The van der Waals surface area contributed by atoms with Crippen molar-refractivity contribution < 1.29 is 14.4 Å². The zero-order valence-corrected chi connectivity index (χ0v) is 17.6. The molecule has 1 unspecified atom stereocenters. The predicted octanol–water partition coefficient (Wildman–Crippen LogP) is 1.12. The molecule has 0 spiro atoms. The Balaban J connectivity index is 1.79. The Bertz CT molecular complexity index is 782. The highest BCUT2D eigenvalue weighted by atomic mass is 16.2. The lowest BCUT2D eigenvalue weighted by molar-refractivity contribution is -0.136. The summed E-state index contributed by atoms with van der Waals surface area (Å²) in [6.07, 6.45) is 5.69. The van der Waals surface area contributed by atoms with Gasteiger partial charge in [0.2, 0.25) is 11.8 Å². The van der Waals surface area contributed by atoms with Gasteiger partial charge in [-0.15, -0.1) is 0 Å². The van der Waals surface area contributed by atoms with Gasteiger partial charge in [0, 0.05) is 42.9 Å². The minimum absolute atomic E-state index is 0.133. The van der Waals surface area contributed by atoms with E-state index in [0.29, 0.717) is 31.6 Å². The summed E-state index contributed by atoms with van der Waals surface area (Å²) in [5.74, 6) is -0.786. The van der Waals surface area contributed by atoms with Crippen LogP contribution in [-0.4, -0.2) is 54.8 Å². The van der Waals surface area contributed by atoms with E-state index < -0.39 is 6.04 Å². The van der Waals surface area contributed by atoms with Gasteiger partial charge in [-0.05, 0) is 57.3 Å². The molecule has 8 heteroatoms. The van der Waals surface area contributed by atoms with Crippen LogP contribution in [0.4, 0.5) is 5.69 Å². The number of unbranched alkanes of at least 4 members (excludes halogenated alkanes) is 3. The molecule has 30 heavy (non-hydrogen) atoms. The molecule has 2 aliphatic rings. The molecule has 3 rings (SSSR count). The minimum Gasteiger partial charge on any atom is -0.371 e. The van der Waals surface area contributed by atoms with Crippen LogP contribution in [0.3, 0.4) is 0 Å². The first-order valence-corrected chi connectivity index (χ1v) is 11.0. The molecule has 1 fully saturated rings. The van der Waals surface area contributed by atoms with Crippen molar-refractivity contribution in [3.8, 4) is 0 Å². The third-order valence-corrected chi connectivity index (χ3v) is 5.91. The molecule has 2 aliphatic heterocycles. The molecule has 0 saturated carbocycles. The van der Waals surface area contributed by atoms with Crippen LogP contribution < -0.4 is 21.7 Å². The van der Waals surface area contributed by atoms with Gasteiger partial charge >= 0.3 is 0 Å². The largest absolute Gasteiger partial charge is 0.371 e. The highest BCUT2D eigenvalue weighted by Crippen LogP contribution is 2.34. The second kappa shape index (κ2) is 10.5. The average Bonchev–Trinajstić information content (AvgIpc) is 3.06. The van der Waals surface area contributed by atoms with E-state index in [2.05, 4.69) is 16.3 Å². The van der Waals surface area contributed by atoms with Crippen molar-refractivity contribution in [1.82, 2.24) is 10.2 Å². The summed E-state index contributed by atoms with van der Waals surface area (Å²) in [6, 6.07) is 5.21. The normalized spacial score (nSPS) is 18.5. The number of rotatable bonds is 11. The monoisotopic (exact) mass is 415 g/mol. The van der Waals surface area contributed by atoms with Gasteiger partial charge < -0.3 is 21.3 Å². The third-order valence-electron chi connectivity index (χ3n) is 5.91. The lowest BCUT2D eigenvalue weighted by Crippen LogP contribution is -2.52. The number of benzene rings is 1. The molecule has 1 atom stereocenters. The lowest BCUT2D eigenvalue weighted by Gasteiger charge is -2.30. The highest BCUT2D eigenvalue weighted by Gasteiger charge is 2.40. The van der Waals surface area contributed by atoms with Crippen molar-refractivity contribution in [3.63, 3.8) is 0 Å². The van der Waals surface area contributed by atoms with Crippen LogP contribution in [0.15, 0.2) is 18.2 Å². The lowest BCUT2D eigenvalue weighted by atomic mass is 10.0. The van der Waals surface area contributed by atoms with E-state index in [1.165, 1.54) is 0 Å². The Morgan fingerprint density at radius 3 is 2.40 bits per heavy atom.